The van der Waals surface area contributed by atoms with Gasteiger partial charge in [0.15, 0.2) is 6.10 Å². The highest BCUT2D eigenvalue weighted by Gasteiger charge is 2.36. The van der Waals surface area contributed by atoms with E-state index in [-0.39, 0.29) is 5.92 Å². The fraction of sp³-hybridized carbons (Fsp3) is 0.700. The molecular weight excluding hydrogens is 376 g/mol. The van der Waals surface area contributed by atoms with E-state index in [2.05, 4.69) is 17.3 Å². The fourth-order valence-electron chi connectivity index (χ4n) is 2.95. The number of nitrogens with two attached hydrogens (primary N) is 1. The monoisotopic (exact) mass is 410 g/mol. The van der Waals surface area contributed by atoms with Crippen LogP contribution < -0.4 is 16.5 Å². The number of hydrogen-bond acceptors (Lipinski definition) is 6. The maximum atomic E-state index is 12.7. The highest BCUT2D eigenvalue weighted by atomic mass is 16.5. The van der Waals surface area contributed by atoms with Crippen LogP contribution in [-0.2, 0) is 23.9 Å². The molecule has 0 aromatic carbocycles. The first kappa shape index (κ1) is 24.6. The quantitative estimate of drug-likeness (QED) is 0.378. The van der Waals surface area contributed by atoms with Gasteiger partial charge in [0.05, 0.1) is 5.41 Å². The highest BCUT2D eigenvalue weighted by Crippen LogP contribution is 2.24. The number of hydrazine groups is 1. The van der Waals surface area contributed by atoms with Crippen LogP contribution in [0.2, 0.25) is 0 Å². The van der Waals surface area contributed by atoms with Gasteiger partial charge in [-0.25, -0.2) is 5.43 Å². The topological polar surface area (TPSA) is 131 Å². The van der Waals surface area contributed by atoms with Crippen molar-refractivity contribution < 1.29 is 23.9 Å². The maximum absolute atomic E-state index is 12.7. The van der Waals surface area contributed by atoms with Crippen molar-refractivity contribution in [1.82, 2.24) is 15.8 Å². The summed E-state index contributed by atoms with van der Waals surface area (Å²) in [4.78, 5) is 49.2. The van der Waals surface area contributed by atoms with Crippen LogP contribution in [0.15, 0.2) is 12.7 Å². The minimum absolute atomic E-state index is 0.284. The lowest BCUT2D eigenvalue weighted by atomic mass is 9.89. The normalized spacial score (nSPS) is 19.2. The second-order valence-electron chi connectivity index (χ2n) is 8.39. The van der Waals surface area contributed by atoms with Gasteiger partial charge in [0.25, 0.3) is 11.8 Å². The zero-order chi connectivity index (χ0) is 22.4. The maximum Gasteiger partial charge on any atom is 0.312 e. The average molecular weight is 411 g/mol. The molecule has 1 aliphatic heterocycles. The van der Waals surface area contributed by atoms with Crippen LogP contribution in [0.4, 0.5) is 0 Å². The summed E-state index contributed by atoms with van der Waals surface area (Å²) in [5, 5.41) is 3.91. The van der Waals surface area contributed by atoms with Gasteiger partial charge < -0.3 is 15.8 Å². The Balaban J connectivity index is 2.76. The summed E-state index contributed by atoms with van der Waals surface area (Å²) in [6.07, 6.45) is 2.17. The molecule has 3 amide bonds. The van der Waals surface area contributed by atoms with E-state index >= 15 is 0 Å². The molecule has 0 aromatic rings. The molecule has 0 aromatic heterocycles. The number of nitrogens with zero attached hydrogens (tertiary/aromatic N) is 1. The Morgan fingerprint density at radius 3 is 2.45 bits per heavy atom. The van der Waals surface area contributed by atoms with E-state index in [1.54, 1.807) is 33.8 Å². The largest absolute Gasteiger partial charge is 0.452 e. The number of carbonyl (C=O) groups is 4. The van der Waals surface area contributed by atoms with E-state index in [4.69, 9.17) is 10.5 Å². The van der Waals surface area contributed by atoms with Crippen LogP contribution in [0, 0.1) is 11.3 Å². The first-order chi connectivity index (χ1) is 13.4. The lowest BCUT2D eigenvalue weighted by molar-refractivity contribution is -0.167. The second kappa shape index (κ2) is 10.4. The third kappa shape index (κ3) is 6.85. The van der Waals surface area contributed by atoms with E-state index in [9.17, 15) is 19.2 Å². The lowest BCUT2D eigenvalue weighted by Gasteiger charge is -2.34. The molecule has 0 bridgehead atoms. The molecule has 9 heteroatoms. The summed E-state index contributed by atoms with van der Waals surface area (Å²) in [5.41, 5.74) is 7.28. The van der Waals surface area contributed by atoms with Gasteiger partial charge >= 0.3 is 5.97 Å². The molecule has 29 heavy (non-hydrogen) atoms. The Labute approximate surface area is 172 Å². The van der Waals surface area contributed by atoms with E-state index in [0.717, 1.165) is 0 Å². The number of esters is 1. The predicted molar refractivity (Wildman–Crippen MR) is 108 cm³/mol. The zero-order valence-corrected chi connectivity index (χ0v) is 18.0. The van der Waals surface area contributed by atoms with Gasteiger partial charge in [-0.2, -0.15) is 0 Å². The van der Waals surface area contributed by atoms with Gasteiger partial charge in [-0.05, 0) is 46.0 Å². The van der Waals surface area contributed by atoms with Gasteiger partial charge in [0.1, 0.15) is 12.1 Å². The first-order valence-corrected chi connectivity index (χ1v) is 9.90. The smallest absolute Gasteiger partial charge is 0.312 e. The number of nitrogens with one attached hydrogen (secondary N) is 2. The summed E-state index contributed by atoms with van der Waals surface area (Å²) in [6, 6.07) is -1.49. The minimum Gasteiger partial charge on any atom is -0.452 e. The molecule has 4 N–H and O–H groups in total. The number of amides is 3. The third-order valence-corrected chi connectivity index (χ3v) is 4.83. The van der Waals surface area contributed by atoms with E-state index < -0.39 is 47.3 Å². The zero-order valence-electron chi connectivity index (χ0n) is 18.0. The molecule has 1 aliphatic rings. The average Bonchev–Trinajstić information content (AvgIpc) is 2.64. The van der Waals surface area contributed by atoms with Crippen molar-refractivity contribution in [3.8, 4) is 0 Å². The number of hydrogen-bond donors (Lipinski definition) is 3. The number of primary amides is 1. The summed E-state index contributed by atoms with van der Waals surface area (Å²) >= 11 is 0. The molecule has 1 saturated heterocycles. The Bertz CT molecular complexity index is 647. The fourth-order valence-corrected chi connectivity index (χ4v) is 2.95. The van der Waals surface area contributed by atoms with E-state index in [1.807, 2.05) is 0 Å². The molecule has 0 aliphatic carbocycles. The Kier molecular flexibility index (Phi) is 8.81. The van der Waals surface area contributed by atoms with Gasteiger partial charge in [-0.15, -0.1) is 6.58 Å². The molecule has 1 rings (SSSR count). The third-order valence-electron chi connectivity index (χ3n) is 4.83. The van der Waals surface area contributed by atoms with Crippen LogP contribution in [-0.4, -0.2) is 53.4 Å². The van der Waals surface area contributed by atoms with Crippen molar-refractivity contribution in [2.45, 2.75) is 72.1 Å². The van der Waals surface area contributed by atoms with Crippen molar-refractivity contribution in [3.63, 3.8) is 0 Å². The van der Waals surface area contributed by atoms with Crippen molar-refractivity contribution in [2.75, 3.05) is 6.54 Å². The van der Waals surface area contributed by atoms with E-state index in [0.29, 0.717) is 25.8 Å². The van der Waals surface area contributed by atoms with Crippen LogP contribution in [0.3, 0.4) is 0 Å². The lowest BCUT2D eigenvalue weighted by Crippen LogP contribution is -2.60. The molecule has 0 radical (unpaired) electrons. The molecule has 0 saturated carbocycles. The predicted octanol–water partition coefficient (Wildman–Crippen LogP) is 0.642. The summed E-state index contributed by atoms with van der Waals surface area (Å²) < 4.78 is 5.47. The van der Waals surface area contributed by atoms with Crippen molar-refractivity contribution in [3.05, 3.63) is 12.7 Å². The van der Waals surface area contributed by atoms with Crippen molar-refractivity contribution in [1.29, 1.82) is 0 Å². The molecule has 1 fully saturated rings. The van der Waals surface area contributed by atoms with Gasteiger partial charge in [0, 0.05) is 6.54 Å². The standard InChI is InChI=1S/C20H34N4O5/c1-7-10-20(5,6)19(28)29-15(12(2)3)17(26)22-13(4)18(27)24-11-8-9-14(23-24)16(21)25/h7,12-15,23H,1,8-11H2,2-6H3,(H2,21,25)(H,22,26). The molecule has 0 spiro atoms. The Morgan fingerprint density at radius 1 is 1.31 bits per heavy atom. The molecule has 3 atom stereocenters. The van der Waals surface area contributed by atoms with Crippen molar-refractivity contribution in [2.24, 2.45) is 17.1 Å². The van der Waals surface area contributed by atoms with Crippen LogP contribution in [0.5, 0.6) is 0 Å². The SMILES string of the molecule is C=CCC(C)(C)C(=O)OC(C(=O)NC(C)C(=O)N1CCCC(C(N)=O)N1)C(C)C. The molecule has 9 nitrogen and oxygen atoms in total. The van der Waals surface area contributed by atoms with Crippen LogP contribution >= 0.6 is 0 Å². The Hall–Kier alpha value is -2.42. The Morgan fingerprint density at radius 2 is 1.93 bits per heavy atom. The summed E-state index contributed by atoms with van der Waals surface area (Å²) in [6.45, 7) is 12.5. The summed E-state index contributed by atoms with van der Waals surface area (Å²) in [5.74, 6) is -2.27. The van der Waals surface area contributed by atoms with Crippen LogP contribution in [0.1, 0.15) is 53.9 Å². The van der Waals surface area contributed by atoms with Gasteiger partial charge in [-0.1, -0.05) is 19.9 Å². The van der Waals surface area contributed by atoms with Gasteiger partial charge in [-0.3, -0.25) is 24.2 Å². The minimum atomic E-state index is -1.03. The summed E-state index contributed by atoms with van der Waals surface area (Å²) in [7, 11) is 0. The first-order valence-electron chi connectivity index (χ1n) is 9.90. The highest BCUT2D eigenvalue weighted by molar-refractivity contribution is 5.91. The second-order valence-corrected chi connectivity index (χ2v) is 8.39. The van der Waals surface area contributed by atoms with Crippen LogP contribution in [0.25, 0.3) is 0 Å². The molecule has 1 heterocycles. The van der Waals surface area contributed by atoms with E-state index in [1.165, 1.54) is 11.9 Å². The number of rotatable bonds is 9. The van der Waals surface area contributed by atoms with Gasteiger partial charge in [0.2, 0.25) is 5.91 Å². The number of ether oxygens (including phenoxy) is 1. The van der Waals surface area contributed by atoms with Crippen molar-refractivity contribution >= 4 is 23.7 Å². The molecule has 164 valence electrons. The number of allylic oxidation sites excluding steroid dienone is 1. The molecule has 3 unspecified atom stereocenters. The molecular formula is C20H34N4O5. The number of carbonyl (C=O) groups excluding carboxylic acids is 4.